The molecule has 17 heavy (non-hydrogen) atoms. The normalized spacial score (nSPS) is 33.9. The third-order valence-corrected chi connectivity index (χ3v) is 3.72. The molecule has 2 N–H and O–H groups in total. The zero-order valence-electron chi connectivity index (χ0n) is 9.75. The highest BCUT2D eigenvalue weighted by atomic mass is 19.4. The van der Waals surface area contributed by atoms with Gasteiger partial charge >= 0.3 is 6.18 Å². The summed E-state index contributed by atoms with van der Waals surface area (Å²) < 4.78 is 44.2. The van der Waals surface area contributed by atoms with Crippen molar-refractivity contribution < 1.29 is 17.9 Å². The van der Waals surface area contributed by atoms with Crippen LogP contribution in [0.4, 0.5) is 13.2 Å². The van der Waals surface area contributed by atoms with Gasteiger partial charge < -0.3 is 10.5 Å². The van der Waals surface area contributed by atoms with Crippen LogP contribution in [0.15, 0.2) is 0 Å². The van der Waals surface area contributed by atoms with E-state index >= 15 is 0 Å². The zero-order valence-corrected chi connectivity index (χ0v) is 9.75. The minimum atomic E-state index is -4.17. The van der Waals surface area contributed by atoms with Crippen molar-refractivity contribution >= 4 is 0 Å². The van der Waals surface area contributed by atoms with E-state index in [-0.39, 0.29) is 18.5 Å². The molecule has 6 heteroatoms. The Morgan fingerprint density at radius 3 is 2.35 bits per heavy atom. The minimum absolute atomic E-state index is 0.00266. The van der Waals surface area contributed by atoms with Crippen LogP contribution in [0.3, 0.4) is 0 Å². The molecule has 2 aliphatic heterocycles. The average molecular weight is 252 g/mol. The van der Waals surface area contributed by atoms with E-state index in [1.54, 1.807) is 4.90 Å². The first-order valence-corrected chi connectivity index (χ1v) is 6.14. The van der Waals surface area contributed by atoms with Crippen molar-refractivity contribution in [2.75, 3.05) is 19.8 Å². The molecule has 2 rings (SSSR count). The van der Waals surface area contributed by atoms with Crippen LogP contribution in [-0.4, -0.2) is 49.0 Å². The molecule has 3 nitrogen and oxygen atoms in total. The van der Waals surface area contributed by atoms with Crippen molar-refractivity contribution in [2.24, 2.45) is 5.73 Å². The Bertz CT molecular complexity index is 254. The van der Waals surface area contributed by atoms with Crippen LogP contribution in [0, 0.1) is 0 Å². The lowest BCUT2D eigenvalue weighted by molar-refractivity contribution is -0.202. The Hall–Kier alpha value is -0.330. The van der Waals surface area contributed by atoms with Crippen LogP contribution in [0.1, 0.15) is 25.7 Å². The van der Waals surface area contributed by atoms with E-state index in [4.69, 9.17) is 10.5 Å². The summed E-state index contributed by atoms with van der Waals surface area (Å²) in [6.07, 6.45) is -2.09. The molecule has 100 valence electrons. The molecule has 0 aromatic rings. The minimum Gasteiger partial charge on any atom is -0.381 e. The average Bonchev–Trinajstić information content (AvgIpc) is 2.29. The molecule has 2 heterocycles. The third kappa shape index (κ3) is 3.11. The fraction of sp³-hybridized carbons (Fsp3) is 1.00. The lowest BCUT2D eigenvalue weighted by Crippen LogP contribution is -2.58. The van der Waals surface area contributed by atoms with Crippen molar-refractivity contribution in [2.45, 2.75) is 50.0 Å². The second-order valence-electron chi connectivity index (χ2n) is 4.92. The van der Waals surface area contributed by atoms with Gasteiger partial charge in [-0.2, -0.15) is 13.2 Å². The van der Waals surface area contributed by atoms with E-state index in [0.717, 1.165) is 0 Å². The van der Waals surface area contributed by atoms with Gasteiger partial charge in [0.25, 0.3) is 0 Å². The SMILES string of the molecule is NC1CCN(C2CCOCC2)[C@@H](C(F)(F)F)C1. The van der Waals surface area contributed by atoms with Crippen molar-refractivity contribution in [3.05, 3.63) is 0 Å². The van der Waals surface area contributed by atoms with E-state index < -0.39 is 12.2 Å². The maximum Gasteiger partial charge on any atom is 0.404 e. The highest BCUT2D eigenvalue weighted by Crippen LogP contribution is 2.34. The maximum absolute atomic E-state index is 13.0. The zero-order chi connectivity index (χ0) is 12.5. The Labute approximate surface area is 99.1 Å². The monoisotopic (exact) mass is 252 g/mol. The highest BCUT2D eigenvalue weighted by molar-refractivity contribution is 4.92. The maximum atomic E-state index is 13.0. The lowest BCUT2D eigenvalue weighted by Gasteiger charge is -2.44. The molecule has 2 saturated heterocycles. The summed E-state index contributed by atoms with van der Waals surface area (Å²) in [4.78, 5) is 1.60. The molecule has 2 aliphatic rings. The Morgan fingerprint density at radius 2 is 1.76 bits per heavy atom. The van der Waals surface area contributed by atoms with Gasteiger partial charge in [0.05, 0.1) is 0 Å². The molecule has 0 saturated carbocycles. The van der Waals surface area contributed by atoms with Crippen LogP contribution in [-0.2, 0) is 4.74 Å². The molecule has 2 fully saturated rings. The van der Waals surface area contributed by atoms with Gasteiger partial charge in [-0.15, -0.1) is 0 Å². The summed E-state index contributed by atoms with van der Waals surface area (Å²) in [5.41, 5.74) is 5.66. The fourth-order valence-corrected chi connectivity index (χ4v) is 2.79. The van der Waals surface area contributed by atoms with Crippen molar-refractivity contribution in [3.63, 3.8) is 0 Å². The number of alkyl halides is 3. The van der Waals surface area contributed by atoms with Crippen LogP contribution < -0.4 is 5.73 Å². The van der Waals surface area contributed by atoms with Crippen LogP contribution in [0.5, 0.6) is 0 Å². The molecule has 0 spiro atoms. The van der Waals surface area contributed by atoms with E-state index in [1.165, 1.54) is 0 Å². The number of hydrogen-bond donors (Lipinski definition) is 1. The van der Waals surface area contributed by atoms with E-state index in [1.807, 2.05) is 0 Å². The molecule has 2 atom stereocenters. The summed E-state index contributed by atoms with van der Waals surface area (Å²) >= 11 is 0. The van der Waals surface area contributed by atoms with Gasteiger partial charge in [0.15, 0.2) is 0 Å². The van der Waals surface area contributed by atoms with Crippen molar-refractivity contribution in [1.29, 1.82) is 0 Å². The Morgan fingerprint density at radius 1 is 1.12 bits per heavy atom. The van der Waals surface area contributed by atoms with Gasteiger partial charge in [0, 0.05) is 31.8 Å². The standard InChI is InChI=1S/C11H19F3N2O/c12-11(13,14)10-7-8(15)1-4-16(10)9-2-5-17-6-3-9/h8-10H,1-7,15H2/t8?,10-/m1/s1. The van der Waals surface area contributed by atoms with Gasteiger partial charge in [-0.25, -0.2) is 0 Å². The van der Waals surface area contributed by atoms with Crippen LogP contribution >= 0.6 is 0 Å². The quantitative estimate of drug-likeness (QED) is 0.769. The van der Waals surface area contributed by atoms with Crippen LogP contribution in [0.25, 0.3) is 0 Å². The highest BCUT2D eigenvalue weighted by Gasteiger charge is 2.48. The fourth-order valence-electron chi connectivity index (χ4n) is 2.79. The molecular weight excluding hydrogens is 233 g/mol. The van der Waals surface area contributed by atoms with Gasteiger partial charge in [0.2, 0.25) is 0 Å². The molecule has 0 radical (unpaired) electrons. The predicted molar refractivity (Wildman–Crippen MR) is 57.6 cm³/mol. The summed E-state index contributed by atoms with van der Waals surface area (Å²) in [7, 11) is 0. The summed E-state index contributed by atoms with van der Waals surface area (Å²) in [6.45, 7) is 1.59. The molecule has 0 aliphatic carbocycles. The summed E-state index contributed by atoms with van der Waals surface area (Å²) in [5, 5.41) is 0. The van der Waals surface area contributed by atoms with Gasteiger partial charge in [0.1, 0.15) is 6.04 Å². The van der Waals surface area contributed by atoms with Crippen LogP contribution in [0.2, 0.25) is 0 Å². The predicted octanol–water partition coefficient (Wildman–Crippen LogP) is 1.52. The number of rotatable bonds is 1. The van der Waals surface area contributed by atoms with E-state index in [9.17, 15) is 13.2 Å². The smallest absolute Gasteiger partial charge is 0.381 e. The second-order valence-corrected chi connectivity index (χ2v) is 4.92. The number of piperidine rings is 1. The number of ether oxygens (including phenoxy) is 1. The molecule has 0 aromatic carbocycles. The summed E-state index contributed by atoms with van der Waals surface area (Å²) in [5.74, 6) is 0. The summed E-state index contributed by atoms with van der Waals surface area (Å²) in [6, 6.07) is -1.69. The molecule has 1 unspecified atom stereocenters. The second kappa shape index (κ2) is 5.12. The van der Waals surface area contributed by atoms with E-state index in [0.29, 0.717) is 39.0 Å². The van der Waals surface area contributed by atoms with Crippen molar-refractivity contribution in [1.82, 2.24) is 4.90 Å². The first kappa shape index (κ1) is 13.1. The lowest BCUT2D eigenvalue weighted by atomic mass is 9.93. The number of hydrogen-bond acceptors (Lipinski definition) is 3. The number of likely N-dealkylation sites (tertiary alicyclic amines) is 1. The Balaban J connectivity index is 2.06. The van der Waals surface area contributed by atoms with Gasteiger partial charge in [-0.05, 0) is 25.7 Å². The van der Waals surface area contributed by atoms with Crippen molar-refractivity contribution in [3.8, 4) is 0 Å². The molecular formula is C11H19F3N2O. The number of halogens is 3. The number of nitrogens with two attached hydrogens (primary N) is 1. The Kier molecular flexibility index (Phi) is 3.95. The largest absolute Gasteiger partial charge is 0.404 e. The molecule has 0 aromatic heterocycles. The molecule has 0 amide bonds. The third-order valence-electron chi connectivity index (χ3n) is 3.72. The van der Waals surface area contributed by atoms with Gasteiger partial charge in [-0.1, -0.05) is 0 Å². The first-order chi connectivity index (χ1) is 7.98. The topological polar surface area (TPSA) is 38.5 Å². The van der Waals surface area contributed by atoms with Gasteiger partial charge in [-0.3, -0.25) is 4.90 Å². The molecule has 0 bridgehead atoms. The van der Waals surface area contributed by atoms with E-state index in [2.05, 4.69) is 0 Å². The number of nitrogens with zero attached hydrogens (tertiary/aromatic N) is 1. The first-order valence-electron chi connectivity index (χ1n) is 6.14.